The summed E-state index contributed by atoms with van der Waals surface area (Å²) in [4.78, 5) is 23.0. The summed E-state index contributed by atoms with van der Waals surface area (Å²) in [6.45, 7) is 9.94. The van der Waals surface area contributed by atoms with Gasteiger partial charge in [-0.1, -0.05) is 0 Å². The van der Waals surface area contributed by atoms with E-state index in [4.69, 9.17) is 14.2 Å². The van der Waals surface area contributed by atoms with Crippen LogP contribution in [0.25, 0.3) is 0 Å². The fourth-order valence-corrected chi connectivity index (χ4v) is 5.10. The summed E-state index contributed by atoms with van der Waals surface area (Å²) in [5.74, 6) is 1.25. The molecule has 37 heavy (non-hydrogen) atoms. The fraction of sp³-hybridized carbons (Fsp3) is 0.607. The standard InChI is InChI=1S/C28H37F2N3O4/c1-5-35-21-16-31-27(32-17-21)33-9-6-18(7-10-33)22-12-19(22)8-11-36-20-13-24(29)23(25(30)14-20)15-26(34)37-28(2,3)4/h13-14,16-19,22H,5-12,15H2,1-4H3. The fourth-order valence-electron chi connectivity index (χ4n) is 5.10. The van der Waals surface area contributed by atoms with Gasteiger partial charge in [0.05, 0.1) is 32.0 Å². The van der Waals surface area contributed by atoms with E-state index in [1.165, 1.54) is 6.42 Å². The molecule has 1 aliphatic heterocycles. The highest BCUT2D eigenvalue weighted by Gasteiger charge is 2.43. The van der Waals surface area contributed by atoms with E-state index in [1.54, 1.807) is 33.2 Å². The summed E-state index contributed by atoms with van der Waals surface area (Å²) >= 11 is 0. The van der Waals surface area contributed by atoms with Crippen molar-refractivity contribution < 1.29 is 27.8 Å². The lowest BCUT2D eigenvalue weighted by atomic mass is 9.90. The number of aromatic nitrogens is 2. The van der Waals surface area contributed by atoms with E-state index >= 15 is 0 Å². The summed E-state index contributed by atoms with van der Waals surface area (Å²) < 4.78 is 45.2. The number of benzene rings is 1. The number of nitrogens with zero attached hydrogens (tertiary/aromatic N) is 3. The molecule has 1 aromatic heterocycles. The maximum absolute atomic E-state index is 14.5. The molecule has 2 unspecified atom stereocenters. The SMILES string of the molecule is CCOc1cnc(N2CCC(C3CC3CCOc3cc(F)c(CC(=O)OC(C)(C)C)c(F)c3)CC2)nc1. The van der Waals surface area contributed by atoms with Crippen LogP contribution in [0.5, 0.6) is 11.5 Å². The van der Waals surface area contributed by atoms with Gasteiger partial charge in [-0.15, -0.1) is 0 Å². The number of esters is 1. The van der Waals surface area contributed by atoms with Crippen molar-refractivity contribution in [2.75, 3.05) is 31.2 Å². The van der Waals surface area contributed by atoms with Crippen LogP contribution in [0.4, 0.5) is 14.7 Å². The number of hydrogen-bond acceptors (Lipinski definition) is 7. The lowest BCUT2D eigenvalue weighted by molar-refractivity contribution is -0.154. The van der Waals surface area contributed by atoms with Gasteiger partial charge in [0.2, 0.25) is 5.95 Å². The van der Waals surface area contributed by atoms with E-state index in [9.17, 15) is 13.6 Å². The second-order valence-electron chi connectivity index (χ2n) is 10.9. The van der Waals surface area contributed by atoms with Gasteiger partial charge in [0.25, 0.3) is 0 Å². The van der Waals surface area contributed by atoms with Crippen LogP contribution in [0.2, 0.25) is 0 Å². The molecule has 0 amide bonds. The first kappa shape index (κ1) is 27.1. The molecule has 1 saturated carbocycles. The number of carbonyl (C=O) groups is 1. The molecule has 4 rings (SSSR count). The smallest absolute Gasteiger partial charge is 0.310 e. The minimum absolute atomic E-state index is 0.142. The third kappa shape index (κ3) is 7.52. The molecule has 202 valence electrons. The molecule has 2 atom stereocenters. The molecule has 0 spiro atoms. The Bertz CT molecular complexity index is 1040. The normalized spacial score (nSPS) is 20.0. The number of hydrogen-bond donors (Lipinski definition) is 0. The second-order valence-corrected chi connectivity index (χ2v) is 10.9. The highest BCUT2D eigenvalue weighted by atomic mass is 19.1. The van der Waals surface area contributed by atoms with Gasteiger partial charge in [0.1, 0.15) is 23.0 Å². The van der Waals surface area contributed by atoms with Crippen LogP contribution in [0.15, 0.2) is 24.5 Å². The summed E-state index contributed by atoms with van der Waals surface area (Å²) in [5, 5.41) is 0. The lowest BCUT2D eigenvalue weighted by Gasteiger charge is -2.32. The average Bonchev–Trinajstić information content (AvgIpc) is 3.61. The van der Waals surface area contributed by atoms with Crippen LogP contribution < -0.4 is 14.4 Å². The number of rotatable bonds is 10. The Labute approximate surface area is 217 Å². The van der Waals surface area contributed by atoms with E-state index in [-0.39, 0.29) is 11.3 Å². The lowest BCUT2D eigenvalue weighted by Crippen LogP contribution is -2.35. The largest absolute Gasteiger partial charge is 0.493 e. The van der Waals surface area contributed by atoms with E-state index in [0.717, 1.165) is 50.4 Å². The summed E-state index contributed by atoms with van der Waals surface area (Å²) in [6.07, 6.45) is 7.23. The van der Waals surface area contributed by atoms with Crippen molar-refractivity contribution in [1.29, 1.82) is 0 Å². The van der Waals surface area contributed by atoms with Gasteiger partial charge in [-0.05, 0) is 71.1 Å². The molecule has 1 saturated heterocycles. The summed E-state index contributed by atoms with van der Waals surface area (Å²) in [6, 6.07) is 2.29. The van der Waals surface area contributed by atoms with Crippen molar-refractivity contribution in [1.82, 2.24) is 9.97 Å². The van der Waals surface area contributed by atoms with Gasteiger partial charge < -0.3 is 19.1 Å². The first-order valence-electron chi connectivity index (χ1n) is 13.1. The molecule has 2 fully saturated rings. The van der Waals surface area contributed by atoms with E-state index < -0.39 is 29.6 Å². The highest BCUT2D eigenvalue weighted by molar-refractivity contribution is 5.73. The van der Waals surface area contributed by atoms with Gasteiger partial charge in [0, 0.05) is 30.8 Å². The van der Waals surface area contributed by atoms with Crippen molar-refractivity contribution in [3.63, 3.8) is 0 Å². The zero-order valence-corrected chi connectivity index (χ0v) is 22.1. The molecular formula is C28H37F2N3O4. The third-order valence-electron chi connectivity index (χ3n) is 6.94. The first-order valence-corrected chi connectivity index (χ1v) is 13.1. The maximum atomic E-state index is 14.5. The molecule has 9 heteroatoms. The molecule has 2 heterocycles. The molecule has 2 aliphatic rings. The monoisotopic (exact) mass is 517 g/mol. The molecule has 2 aromatic rings. The predicted molar refractivity (Wildman–Crippen MR) is 136 cm³/mol. The minimum atomic E-state index is -0.798. The number of carbonyl (C=O) groups excluding carboxylic acids is 1. The molecule has 1 aliphatic carbocycles. The quantitative estimate of drug-likeness (QED) is 0.393. The predicted octanol–water partition coefficient (Wildman–Crippen LogP) is 5.36. The van der Waals surface area contributed by atoms with E-state index in [0.29, 0.717) is 36.7 Å². The Kier molecular flexibility index (Phi) is 8.49. The summed E-state index contributed by atoms with van der Waals surface area (Å²) in [7, 11) is 0. The van der Waals surface area contributed by atoms with Crippen LogP contribution in [0.3, 0.4) is 0 Å². The van der Waals surface area contributed by atoms with E-state index in [1.807, 2.05) is 6.92 Å². The van der Waals surface area contributed by atoms with Crippen LogP contribution >= 0.6 is 0 Å². The van der Waals surface area contributed by atoms with Gasteiger partial charge in [-0.3, -0.25) is 4.79 Å². The topological polar surface area (TPSA) is 73.8 Å². The molecule has 0 radical (unpaired) electrons. The Balaban J connectivity index is 1.19. The van der Waals surface area contributed by atoms with Gasteiger partial charge >= 0.3 is 5.97 Å². The van der Waals surface area contributed by atoms with Crippen molar-refractivity contribution in [2.45, 2.75) is 65.4 Å². The Morgan fingerprint density at radius 3 is 2.30 bits per heavy atom. The Morgan fingerprint density at radius 2 is 1.70 bits per heavy atom. The number of piperidine rings is 1. The van der Waals surface area contributed by atoms with E-state index in [2.05, 4.69) is 14.9 Å². The van der Waals surface area contributed by atoms with Gasteiger partial charge in [-0.25, -0.2) is 18.7 Å². The van der Waals surface area contributed by atoms with Gasteiger partial charge in [-0.2, -0.15) is 0 Å². The molecule has 0 N–H and O–H groups in total. The van der Waals surface area contributed by atoms with Gasteiger partial charge in [0.15, 0.2) is 5.75 Å². The first-order chi connectivity index (χ1) is 17.6. The highest BCUT2D eigenvalue weighted by Crippen LogP contribution is 2.49. The Hall–Kier alpha value is -2.97. The molecule has 0 bridgehead atoms. The zero-order chi connectivity index (χ0) is 26.6. The van der Waals surface area contributed by atoms with Crippen molar-refractivity contribution in [2.24, 2.45) is 17.8 Å². The maximum Gasteiger partial charge on any atom is 0.310 e. The van der Waals surface area contributed by atoms with Crippen molar-refractivity contribution in [3.8, 4) is 11.5 Å². The van der Waals surface area contributed by atoms with Crippen molar-refractivity contribution >= 4 is 11.9 Å². The van der Waals surface area contributed by atoms with Crippen LogP contribution in [0, 0.1) is 29.4 Å². The van der Waals surface area contributed by atoms with Crippen LogP contribution in [-0.2, 0) is 16.0 Å². The number of ether oxygens (including phenoxy) is 3. The number of anilines is 1. The van der Waals surface area contributed by atoms with Crippen molar-refractivity contribution in [3.05, 3.63) is 41.7 Å². The molecular weight excluding hydrogens is 480 g/mol. The summed E-state index contributed by atoms with van der Waals surface area (Å²) in [5.41, 5.74) is -1.01. The molecule has 1 aromatic carbocycles. The third-order valence-corrected chi connectivity index (χ3v) is 6.94. The zero-order valence-electron chi connectivity index (χ0n) is 22.1. The average molecular weight is 518 g/mol. The number of halogens is 2. The van der Waals surface area contributed by atoms with Crippen LogP contribution in [-0.4, -0.2) is 47.8 Å². The van der Waals surface area contributed by atoms with Crippen LogP contribution in [0.1, 0.15) is 58.9 Å². The second kappa shape index (κ2) is 11.6. The Morgan fingerprint density at radius 1 is 1.05 bits per heavy atom. The molecule has 7 nitrogen and oxygen atoms in total. The minimum Gasteiger partial charge on any atom is -0.493 e.